The minimum absolute atomic E-state index is 0.0579. The maximum atomic E-state index is 5.97. The van der Waals surface area contributed by atoms with Crippen LogP contribution in [0.3, 0.4) is 0 Å². The highest BCUT2D eigenvalue weighted by Crippen LogP contribution is 2.25. The first-order valence-corrected chi connectivity index (χ1v) is 5.25. The predicted octanol–water partition coefficient (Wildman–Crippen LogP) is 2.83. The first-order valence-electron chi connectivity index (χ1n) is 4.45. The van der Waals surface area contributed by atoms with Gasteiger partial charge in [-0.3, -0.25) is 0 Å². The number of anilines is 1. The highest BCUT2D eigenvalue weighted by molar-refractivity contribution is 9.10. The number of halogens is 1. The molecular formula is C10H15BrN2. The summed E-state index contributed by atoms with van der Waals surface area (Å²) < 4.78 is 1.03. The Kier molecular flexibility index (Phi) is 3.75. The summed E-state index contributed by atoms with van der Waals surface area (Å²) in [6.07, 6.45) is 2.05. The molecule has 1 aromatic carbocycles. The number of rotatable bonds is 3. The summed E-state index contributed by atoms with van der Waals surface area (Å²) in [7, 11) is 0. The molecule has 1 aromatic rings. The van der Waals surface area contributed by atoms with E-state index in [9.17, 15) is 0 Å². The molecule has 1 atom stereocenters. The topological polar surface area (TPSA) is 52.0 Å². The minimum atomic E-state index is 0.0579. The van der Waals surface area contributed by atoms with Gasteiger partial charge in [-0.05, 0) is 30.2 Å². The smallest absolute Gasteiger partial charge is 0.0363 e. The molecule has 0 aromatic heterocycles. The lowest BCUT2D eigenvalue weighted by Crippen LogP contribution is -2.11. The summed E-state index contributed by atoms with van der Waals surface area (Å²) in [5.74, 6) is 0. The molecule has 0 bridgehead atoms. The molecule has 0 aliphatic carbocycles. The summed E-state index contributed by atoms with van der Waals surface area (Å²) in [6, 6.07) is 5.87. The Hall–Kier alpha value is -0.540. The van der Waals surface area contributed by atoms with Crippen molar-refractivity contribution in [2.75, 3.05) is 5.73 Å². The van der Waals surface area contributed by atoms with Crippen LogP contribution in [-0.2, 0) is 0 Å². The van der Waals surface area contributed by atoms with Crippen molar-refractivity contribution in [2.24, 2.45) is 5.73 Å². The minimum Gasteiger partial charge on any atom is -0.398 e. The van der Waals surface area contributed by atoms with E-state index in [-0.39, 0.29) is 6.04 Å². The lowest BCUT2D eigenvalue weighted by atomic mass is 10.0. The van der Waals surface area contributed by atoms with Gasteiger partial charge < -0.3 is 11.5 Å². The lowest BCUT2D eigenvalue weighted by molar-refractivity contribution is 0.640. The van der Waals surface area contributed by atoms with Crippen LogP contribution in [0.4, 0.5) is 5.69 Å². The number of nitrogens with two attached hydrogens (primary N) is 2. The van der Waals surface area contributed by atoms with Gasteiger partial charge in [0.2, 0.25) is 0 Å². The number of nitrogen functional groups attached to an aromatic ring is 1. The molecule has 0 saturated heterocycles. The molecule has 0 unspecified atom stereocenters. The molecule has 72 valence electrons. The van der Waals surface area contributed by atoms with Crippen LogP contribution in [-0.4, -0.2) is 0 Å². The Morgan fingerprint density at radius 1 is 1.46 bits per heavy atom. The van der Waals surface area contributed by atoms with E-state index in [1.807, 2.05) is 18.2 Å². The van der Waals surface area contributed by atoms with Crippen molar-refractivity contribution in [1.29, 1.82) is 0 Å². The molecule has 0 amide bonds. The van der Waals surface area contributed by atoms with Gasteiger partial charge in [0, 0.05) is 16.2 Å². The van der Waals surface area contributed by atoms with E-state index in [1.165, 1.54) is 0 Å². The van der Waals surface area contributed by atoms with Crippen molar-refractivity contribution >= 4 is 21.6 Å². The Morgan fingerprint density at radius 2 is 2.15 bits per heavy atom. The molecule has 0 spiro atoms. The van der Waals surface area contributed by atoms with Gasteiger partial charge in [0.05, 0.1) is 0 Å². The van der Waals surface area contributed by atoms with E-state index in [1.54, 1.807) is 0 Å². The van der Waals surface area contributed by atoms with Crippen LogP contribution in [0.15, 0.2) is 22.7 Å². The van der Waals surface area contributed by atoms with Crippen molar-refractivity contribution in [3.63, 3.8) is 0 Å². The van der Waals surface area contributed by atoms with E-state index >= 15 is 0 Å². The van der Waals surface area contributed by atoms with E-state index in [2.05, 4.69) is 22.9 Å². The summed E-state index contributed by atoms with van der Waals surface area (Å²) in [4.78, 5) is 0. The second-order valence-electron chi connectivity index (χ2n) is 3.17. The number of hydrogen-bond donors (Lipinski definition) is 2. The highest BCUT2D eigenvalue weighted by atomic mass is 79.9. The van der Waals surface area contributed by atoms with Crippen LogP contribution < -0.4 is 11.5 Å². The third kappa shape index (κ3) is 2.71. The normalized spacial score (nSPS) is 12.8. The largest absolute Gasteiger partial charge is 0.398 e. The van der Waals surface area contributed by atoms with Crippen LogP contribution in [0.5, 0.6) is 0 Å². The van der Waals surface area contributed by atoms with Crippen molar-refractivity contribution in [3.8, 4) is 0 Å². The zero-order valence-corrected chi connectivity index (χ0v) is 9.34. The second-order valence-corrected chi connectivity index (χ2v) is 4.08. The molecule has 0 fully saturated rings. The molecule has 1 rings (SSSR count). The maximum Gasteiger partial charge on any atom is 0.0363 e. The fourth-order valence-corrected chi connectivity index (χ4v) is 1.71. The van der Waals surface area contributed by atoms with Crippen molar-refractivity contribution in [2.45, 2.75) is 25.8 Å². The fraction of sp³-hybridized carbons (Fsp3) is 0.400. The van der Waals surface area contributed by atoms with E-state index in [4.69, 9.17) is 11.5 Å². The van der Waals surface area contributed by atoms with Gasteiger partial charge >= 0.3 is 0 Å². The molecule has 0 radical (unpaired) electrons. The summed E-state index contributed by atoms with van der Waals surface area (Å²) in [5, 5.41) is 0. The summed E-state index contributed by atoms with van der Waals surface area (Å²) >= 11 is 3.40. The summed E-state index contributed by atoms with van der Waals surface area (Å²) in [5.41, 5.74) is 13.6. The molecule has 0 aliphatic rings. The first-order chi connectivity index (χ1) is 6.15. The van der Waals surface area contributed by atoms with Crippen molar-refractivity contribution in [3.05, 3.63) is 28.2 Å². The Bertz CT molecular complexity index is 286. The molecular weight excluding hydrogens is 228 g/mol. The van der Waals surface area contributed by atoms with Crippen molar-refractivity contribution in [1.82, 2.24) is 0 Å². The zero-order chi connectivity index (χ0) is 9.84. The predicted molar refractivity (Wildman–Crippen MR) is 60.4 cm³/mol. The highest BCUT2D eigenvalue weighted by Gasteiger charge is 2.08. The Balaban J connectivity index is 2.91. The number of benzene rings is 1. The summed E-state index contributed by atoms with van der Waals surface area (Å²) in [6.45, 7) is 2.12. The lowest BCUT2D eigenvalue weighted by Gasteiger charge is -2.13. The molecule has 0 aliphatic heterocycles. The van der Waals surface area contributed by atoms with Gasteiger partial charge in [0.15, 0.2) is 0 Å². The zero-order valence-electron chi connectivity index (χ0n) is 7.76. The molecule has 4 N–H and O–H groups in total. The monoisotopic (exact) mass is 242 g/mol. The first kappa shape index (κ1) is 10.5. The van der Waals surface area contributed by atoms with Gasteiger partial charge in [-0.1, -0.05) is 29.3 Å². The molecule has 0 saturated carbocycles. The quantitative estimate of drug-likeness (QED) is 0.802. The van der Waals surface area contributed by atoms with Crippen molar-refractivity contribution < 1.29 is 0 Å². The van der Waals surface area contributed by atoms with Gasteiger partial charge in [-0.15, -0.1) is 0 Å². The van der Waals surface area contributed by atoms with Crippen LogP contribution in [0, 0.1) is 0 Å². The van der Waals surface area contributed by atoms with E-state index < -0.39 is 0 Å². The molecule has 13 heavy (non-hydrogen) atoms. The average Bonchev–Trinajstić information content (AvgIpc) is 2.09. The third-order valence-electron chi connectivity index (χ3n) is 2.05. The van der Waals surface area contributed by atoms with Gasteiger partial charge in [0.25, 0.3) is 0 Å². The Morgan fingerprint density at radius 3 is 2.77 bits per heavy atom. The maximum absolute atomic E-state index is 5.97. The molecule has 0 heterocycles. The van der Waals surface area contributed by atoms with Gasteiger partial charge in [-0.25, -0.2) is 0 Å². The SMILES string of the molecule is CCC[C@@H](N)c1cc(Br)ccc1N. The molecule has 3 heteroatoms. The van der Waals surface area contributed by atoms with Crippen LogP contribution in [0.1, 0.15) is 31.4 Å². The van der Waals surface area contributed by atoms with Crippen LogP contribution in [0.2, 0.25) is 0 Å². The molecule has 2 nitrogen and oxygen atoms in total. The third-order valence-corrected chi connectivity index (χ3v) is 2.54. The second kappa shape index (κ2) is 4.63. The van der Waals surface area contributed by atoms with E-state index in [0.717, 1.165) is 28.6 Å². The number of hydrogen-bond acceptors (Lipinski definition) is 2. The fourth-order valence-electron chi connectivity index (χ4n) is 1.33. The van der Waals surface area contributed by atoms with Gasteiger partial charge in [-0.2, -0.15) is 0 Å². The average molecular weight is 243 g/mol. The van der Waals surface area contributed by atoms with Crippen LogP contribution in [0.25, 0.3) is 0 Å². The standard InChI is InChI=1S/C10H15BrN2/c1-2-3-9(12)8-6-7(11)4-5-10(8)13/h4-6,9H,2-3,12-13H2,1H3/t9-/m1/s1. The Labute approximate surface area is 87.4 Å². The van der Waals surface area contributed by atoms with Gasteiger partial charge in [0.1, 0.15) is 0 Å². The van der Waals surface area contributed by atoms with E-state index in [0.29, 0.717) is 0 Å². The van der Waals surface area contributed by atoms with Crippen LogP contribution >= 0.6 is 15.9 Å².